The number of rotatable bonds is 4. The van der Waals surface area contributed by atoms with Crippen molar-refractivity contribution in [1.29, 1.82) is 0 Å². The van der Waals surface area contributed by atoms with Crippen LogP contribution in [0.25, 0.3) is 11.1 Å². The number of amides is 1. The third-order valence-electron chi connectivity index (χ3n) is 6.41. The second-order valence-electron chi connectivity index (χ2n) is 8.50. The Labute approximate surface area is 183 Å². The van der Waals surface area contributed by atoms with Gasteiger partial charge in [-0.05, 0) is 48.2 Å². The van der Waals surface area contributed by atoms with Gasteiger partial charge in [0.2, 0.25) is 0 Å². The van der Waals surface area contributed by atoms with Gasteiger partial charge in [0.05, 0.1) is 0 Å². The molecule has 1 aromatic heterocycles. The summed E-state index contributed by atoms with van der Waals surface area (Å²) in [7, 11) is 5.95. The zero-order valence-corrected chi connectivity index (χ0v) is 18.5. The van der Waals surface area contributed by atoms with Gasteiger partial charge < -0.3 is 9.80 Å². The largest absolute Gasteiger partial charge is 0.378 e. The fraction of sp³-hybridized carbons (Fsp3) is 0.308. The van der Waals surface area contributed by atoms with Gasteiger partial charge in [-0.1, -0.05) is 37.3 Å². The Morgan fingerprint density at radius 1 is 1.06 bits per heavy atom. The van der Waals surface area contributed by atoms with Crippen LogP contribution in [0.4, 0.5) is 10.1 Å². The molecule has 4 nitrogen and oxygen atoms in total. The van der Waals surface area contributed by atoms with E-state index in [1.165, 1.54) is 22.9 Å². The smallest absolute Gasteiger partial charge is 0.272 e. The standard InChI is InChI=1S/C26H28FN3O/c1-17-21-12-11-20(29(2)3)15-18(21)10-14-25(17)30(4)26(31)24-13-9-19(16-28-24)22-7-5-6-8-23(22)27/h5-9,11-13,15-17,25H,10,14H2,1-4H3. The lowest BCUT2D eigenvalue weighted by atomic mass is 9.79. The number of hydrogen-bond acceptors (Lipinski definition) is 3. The van der Waals surface area contributed by atoms with Crippen molar-refractivity contribution in [3.63, 3.8) is 0 Å². The number of carbonyl (C=O) groups excluding carboxylic acids is 1. The van der Waals surface area contributed by atoms with Crippen LogP contribution in [0.2, 0.25) is 0 Å². The molecule has 160 valence electrons. The lowest BCUT2D eigenvalue weighted by molar-refractivity contribution is 0.0690. The number of likely N-dealkylation sites (N-methyl/N-ethyl adjacent to an activating group) is 1. The molecule has 3 aromatic rings. The van der Waals surface area contributed by atoms with Gasteiger partial charge in [-0.3, -0.25) is 9.78 Å². The maximum atomic E-state index is 14.0. The zero-order chi connectivity index (χ0) is 22.1. The Morgan fingerprint density at radius 2 is 1.84 bits per heavy atom. The number of hydrogen-bond donors (Lipinski definition) is 0. The van der Waals surface area contributed by atoms with Crippen LogP contribution in [-0.4, -0.2) is 43.0 Å². The highest BCUT2D eigenvalue weighted by Gasteiger charge is 2.32. The fourth-order valence-electron chi connectivity index (χ4n) is 4.53. The Morgan fingerprint density at radius 3 is 2.52 bits per heavy atom. The van der Waals surface area contributed by atoms with Crippen LogP contribution in [0.3, 0.4) is 0 Å². The Kier molecular flexibility index (Phi) is 5.77. The topological polar surface area (TPSA) is 36.4 Å². The number of nitrogens with zero attached hydrogens (tertiary/aromatic N) is 3. The summed E-state index contributed by atoms with van der Waals surface area (Å²) in [5, 5.41) is 0. The fourth-order valence-corrected chi connectivity index (χ4v) is 4.53. The molecule has 1 aliphatic rings. The van der Waals surface area contributed by atoms with Crippen molar-refractivity contribution in [3.05, 3.63) is 83.4 Å². The third kappa shape index (κ3) is 4.05. The van der Waals surface area contributed by atoms with Crippen molar-refractivity contribution in [1.82, 2.24) is 9.88 Å². The predicted molar refractivity (Wildman–Crippen MR) is 123 cm³/mol. The SMILES string of the molecule is CC1c2ccc(N(C)C)cc2CCC1N(C)C(=O)c1ccc(-c2ccccc2F)cn1. The molecule has 0 N–H and O–H groups in total. The van der Waals surface area contributed by atoms with Gasteiger partial charge >= 0.3 is 0 Å². The van der Waals surface area contributed by atoms with E-state index in [9.17, 15) is 9.18 Å². The molecule has 0 saturated heterocycles. The van der Waals surface area contributed by atoms with Gasteiger partial charge in [0.15, 0.2) is 0 Å². The van der Waals surface area contributed by atoms with Crippen LogP contribution < -0.4 is 4.90 Å². The number of pyridine rings is 1. The summed E-state index contributed by atoms with van der Waals surface area (Å²) >= 11 is 0. The minimum Gasteiger partial charge on any atom is -0.378 e. The van der Waals surface area contributed by atoms with Crippen molar-refractivity contribution in [2.24, 2.45) is 0 Å². The Hall–Kier alpha value is -3.21. The molecule has 2 unspecified atom stereocenters. The van der Waals surface area contributed by atoms with E-state index in [0.717, 1.165) is 12.8 Å². The molecule has 31 heavy (non-hydrogen) atoms. The molecule has 0 saturated carbocycles. The van der Waals surface area contributed by atoms with Gasteiger partial charge in [-0.2, -0.15) is 0 Å². The maximum Gasteiger partial charge on any atom is 0.272 e. The summed E-state index contributed by atoms with van der Waals surface area (Å²) < 4.78 is 14.0. The molecule has 0 spiro atoms. The van der Waals surface area contributed by atoms with Crippen LogP contribution >= 0.6 is 0 Å². The summed E-state index contributed by atoms with van der Waals surface area (Å²) in [5.74, 6) is -0.162. The Bertz CT molecular complexity index is 1090. The number of aryl methyl sites for hydroxylation is 1. The van der Waals surface area contributed by atoms with Gasteiger partial charge in [0.25, 0.3) is 5.91 Å². The molecule has 2 atom stereocenters. The molecular formula is C26H28FN3O. The van der Waals surface area contributed by atoms with E-state index >= 15 is 0 Å². The molecule has 4 rings (SSSR count). The summed E-state index contributed by atoms with van der Waals surface area (Å²) in [6.07, 6.45) is 3.44. The number of benzene rings is 2. The van der Waals surface area contributed by atoms with E-state index in [4.69, 9.17) is 0 Å². The predicted octanol–water partition coefficient (Wildman–Crippen LogP) is 5.14. The van der Waals surface area contributed by atoms with Crippen LogP contribution in [0.5, 0.6) is 0 Å². The average Bonchev–Trinajstić information content (AvgIpc) is 2.78. The average molecular weight is 418 g/mol. The summed E-state index contributed by atoms with van der Waals surface area (Å²) in [5.41, 5.74) is 5.40. The lowest BCUT2D eigenvalue weighted by Crippen LogP contribution is -2.42. The molecule has 0 bridgehead atoms. The molecule has 2 aromatic carbocycles. The van der Waals surface area contributed by atoms with E-state index in [1.54, 1.807) is 36.5 Å². The highest BCUT2D eigenvalue weighted by atomic mass is 19.1. The minimum absolute atomic E-state index is 0.106. The molecule has 1 aliphatic carbocycles. The number of carbonyl (C=O) groups is 1. The summed E-state index contributed by atoms with van der Waals surface area (Å²) in [6.45, 7) is 2.19. The van der Waals surface area contributed by atoms with E-state index in [1.807, 2.05) is 26.0 Å². The third-order valence-corrected chi connectivity index (χ3v) is 6.41. The normalized spacial score (nSPS) is 17.7. The summed E-state index contributed by atoms with van der Waals surface area (Å²) in [6, 6.07) is 16.7. The first-order valence-corrected chi connectivity index (χ1v) is 10.6. The lowest BCUT2D eigenvalue weighted by Gasteiger charge is -2.38. The van der Waals surface area contributed by atoms with Crippen LogP contribution in [0.1, 0.15) is 40.9 Å². The molecule has 0 radical (unpaired) electrons. The van der Waals surface area contributed by atoms with E-state index < -0.39 is 0 Å². The van der Waals surface area contributed by atoms with Crippen molar-refractivity contribution >= 4 is 11.6 Å². The van der Waals surface area contributed by atoms with E-state index in [-0.39, 0.29) is 23.7 Å². The molecule has 1 amide bonds. The van der Waals surface area contributed by atoms with Crippen molar-refractivity contribution < 1.29 is 9.18 Å². The zero-order valence-electron chi connectivity index (χ0n) is 18.5. The van der Waals surface area contributed by atoms with Crippen molar-refractivity contribution in [2.75, 3.05) is 26.0 Å². The van der Waals surface area contributed by atoms with Crippen molar-refractivity contribution in [2.45, 2.75) is 31.7 Å². The van der Waals surface area contributed by atoms with E-state index in [2.05, 4.69) is 35.0 Å². The molecule has 1 heterocycles. The molecule has 0 aliphatic heterocycles. The first kappa shape index (κ1) is 21.0. The van der Waals surface area contributed by atoms with E-state index in [0.29, 0.717) is 16.8 Å². The Balaban J connectivity index is 1.52. The van der Waals surface area contributed by atoms with Crippen molar-refractivity contribution in [3.8, 4) is 11.1 Å². The molecule has 0 fully saturated rings. The second kappa shape index (κ2) is 8.50. The first-order chi connectivity index (χ1) is 14.9. The highest BCUT2D eigenvalue weighted by Crippen LogP contribution is 2.36. The summed E-state index contributed by atoms with van der Waals surface area (Å²) in [4.78, 5) is 21.4. The van der Waals surface area contributed by atoms with Crippen LogP contribution in [0.15, 0.2) is 60.8 Å². The molecule has 5 heteroatoms. The first-order valence-electron chi connectivity index (χ1n) is 10.6. The number of halogens is 1. The number of anilines is 1. The second-order valence-corrected chi connectivity index (χ2v) is 8.50. The highest BCUT2D eigenvalue weighted by molar-refractivity contribution is 5.92. The van der Waals surface area contributed by atoms with Gasteiger partial charge in [-0.15, -0.1) is 0 Å². The number of aromatic nitrogens is 1. The van der Waals surface area contributed by atoms with Gasteiger partial charge in [0.1, 0.15) is 11.5 Å². The van der Waals surface area contributed by atoms with Crippen LogP contribution in [-0.2, 0) is 6.42 Å². The maximum absolute atomic E-state index is 14.0. The van der Waals surface area contributed by atoms with Gasteiger partial charge in [-0.25, -0.2) is 4.39 Å². The number of fused-ring (bicyclic) bond motifs is 1. The molecular weight excluding hydrogens is 389 g/mol. The quantitative estimate of drug-likeness (QED) is 0.589. The monoisotopic (exact) mass is 417 g/mol. The minimum atomic E-state index is -0.299. The van der Waals surface area contributed by atoms with Crippen LogP contribution in [0, 0.1) is 5.82 Å². The van der Waals surface area contributed by atoms with Gasteiger partial charge in [0, 0.05) is 56.1 Å².